The number of rotatable bonds is 4. The molecule has 1 heterocycles. The first-order valence-corrected chi connectivity index (χ1v) is 5.39. The molecule has 1 saturated carbocycles. The predicted molar refractivity (Wildman–Crippen MR) is 64.8 cm³/mol. The van der Waals surface area contributed by atoms with Gasteiger partial charge in [-0.2, -0.15) is 0 Å². The van der Waals surface area contributed by atoms with Crippen LogP contribution in [-0.2, 0) is 0 Å². The van der Waals surface area contributed by atoms with Crippen LogP contribution in [0.25, 0.3) is 0 Å². The molecule has 8 nitrogen and oxygen atoms in total. The number of nitro groups is 1. The lowest BCUT2D eigenvalue weighted by molar-refractivity contribution is -0.384. The van der Waals surface area contributed by atoms with E-state index in [9.17, 15) is 10.1 Å². The smallest absolute Gasteiger partial charge is 0.312 e. The zero-order valence-corrected chi connectivity index (χ0v) is 9.78. The summed E-state index contributed by atoms with van der Waals surface area (Å²) in [5.74, 6) is 0.100. The summed E-state index contributed by atoms with van der Waals surface area (Å²) >= 11 is 0. The summed E-state index contributed by atoms with van der Waals surface area (Å²) in [7, 11) is 1.77. The fourth-order valence-electron chi connectivity index (χ4n) is 1.68. The summed E-state index contributed by atoms with van der Waals surface area (Å²) < 4.78 is 0. The second-order valence-corrected chi connectivity index (χ2v) is 4.15. The van der Waals surface area contributed by atoms with E-state index in [4.69, 9.17) is 10.9 Å². The van der Waals surface area contributed by atoms with Gasteiger partial charge in [-0.15, -0.1) is 0 Å². The van der Waals surface area contributed by atoms with Crippen molar-refractivity contribution in [3.8, 4) is 0 Å². The minimum atomic E-state index is -0.518. The van der Waals surface area contributed by atoms with Gasteiger partial charge in [0.15, 0.2) is 5.84 Å². The Labute approximate surface area is 103 Å². The van der Waals surface area contributed by atoms with Crippen LogP contribution in [0.15, 0.2) is 17.4 Å². The highest BCUT2D eigenvalue weighted by molar-refractivity contribution is 5.97. The van der Waals surface area contributed by atoms with Gasteiger partial charge in [0.2, 0.25) is 5.82 Å². The van der Waals surface area contributed by atoms with Crippen molar-refractivity contribution in [3.05, 3.63) is 27.9 Å². The number of hydrogen-bond donors (Lipinski definition) is 2. The molecule has 8 heteroatoms. The van der Waals surface area contributed by atoms with Crippen molar-refractivity contribution in [3.63, 3.8) is 0 Å². The monoisotopic (exact) mass is 251 g/mol. The second kappa shape index (κ2) is 4.47. The number of anilines is 1. The molecule has 0 saturated heterocycles. The van der Waals surface area contributed by atoms with Crippen molar-refractivity contribution in [1.82, 2.24) is 4.98 Å². The summed E-state index contributed by atoms with van der Waals surface area (Å²) in [6, 6.07) is 1.57. The fraction of sp³-hybridized carbons (Fsp3) is 0.400. The van der Waals surface area contributed by atoms with Gasteiger partial charge in [0, 0.05) is 30.9 Å². The van der Waals surface area contributed by atoms with Crippen molar-refractivity contribution in [2.45, 2.75) is 18.9 Å². The minimum Gasteiger partial charge on any atom is -0.409 e. The summed E-state index contributed by atoms with van der Waals surface area (Å²) in [5.41, 5.74) is 5.46. The van der Waals surface area contributed by atoms with E-state index in [1.807, 2.05) is 0 Å². The molecular weight excluding hydrogens is 238 g/mol. The Morgan fingerprint density at radius 1 is 1.72 bits per heavy atom. The van der Waals surface area contributed by atoms with Crippen LogP contribution in [0.2, 0.25) is 0 Å². The molecule has 1 aliphatic rings. The Balaban J connectivity index is 2.44. The van der Waals surface area contributed by atoms with E-state index in [1.54, 1.807) is 11.9 Å². The maximum atomic E-state index is 11.0. The van der Waals surface area contributed by atoms with Gasteiger partial charge in [-0.05, 0) is 12.8 Å². The third-order valence-corrected chi connectivity index (χ3v) is 2.88. The molecule has 3 N–H and O–H groups in total. The summed E-state index contributed by atoms with van der Waals surface area (Å²) in [6.45, 7) is 0. The van der Waals surface area contributed by atoms with Gasteiger partial charge in [-0.3, -0.25) is 10.1 Å². The quantitative estimate of drug-likeness (QED) is 0.267. The summed E-state index contributed by atoms with van der Waals surface area (Å²) in [4.78, 5) is 16.3. The van der Waals surface area contributed by atoms with Crippen LogP contribution in [0, 0.1) is 10.1 Å². The highest BCUT2D eigenvalue weighted by Crippen LogP contribution is 2.34. The molecular formula is C10H13N5O3. The number of aromatic nitrogens is 1. The molecule has 1 aromatic heterocycles. The van der Waals surface area contributed by atoms with E-state index in [2.05, 4.69) is 10.1 Å². The molecule has 0 atom stereocenters. The van der Waals surface area contributed by atoms with Crippen LogP contribution in [0.1, 0.15) is 18.4 Å². The average molecular weight is 251 g/mol. The number of nitrogens with zero attached hydrogens (tertiary/aromatic N) is 4. The molecule has 0 radical (unpaired) electrons. The average Bonchev–Trinajstić information content (AvgIpc) is 3.20. The summed E-state index contributed by atoms with van der Waals surface area (Å²) in [5, 5.41) is 22.4. The lowest BCUT2D eigenvalue weighted by atomic mass is 10.2. The van der Waals surface area contributed by atoms with E-state index in [0.717, 1.165) is 12.8 Å². The molecule has 1 aliphatic carbocycles. The topological polar surface area (TPSA) is 118 Å². The van der Waals surface area contributed by atoms with Crippen LogP contribution in [0.5, 0.6) is 0 Å². The van der Waals surface area contributed by atoms with Gasteiger partial charge < -0.3 is 15.8 Å². The molecule has 0 spiro atoms. The van der Waals surface area contributed by atoms with Crippen LogP contribution in [0.3, 0.4) is 0 Å². The molecule has 0 aromatic carbocycles. The molecule has 0 unspecified atom stereocenters. The van der Waals surface area contributed by atoms with E-state index in [0.29, 0.717) is 11.9 Å². The highest BCUT2D eigenvalue weighted by Gasteiger charge is 2.31. The number of pyridine rings is 1. The maximum Gasteiger partial charge on any atom is 0.312 e. The molecule has 0 amide bonds. The molecule has 0 bridgehead atoms. The van der Waals surface area contributed by atoms with E-state index < -0.39 is 4.92 Å². The lowest BCUT2D eigenvalue weighted by Crippen LogP contribution is -2.23. The van der Waals surface area contributed by atoms with Crippen LogP contribution in [0.4, 0.5) is 11.5 Å². The number of oxime groups is 1. The van der Waals surface area contributed by atoms with E-state index in [1.165, 1.54) is 12.3 Å². The normalized spacial score (nSPS) is 15.5. The van der Waals surface area contributed by atoms with Crippen molar-refractivity contribution in [2.24, 2.45) is 10.9 Å². The zero-order valence-electron chi connectivity index (χ0n) is 9.78. The third-order valence-electron chi connectivity index (χ3n) is 2.88. The van der Waals surface area contributed by atoms with Gasteiger partial charge in [0.25, 0.3) is 0 Å². The fourth-order valence-corrected chi connectivity index (χ4v) is 1.68. The first kappa shape index (κ1) is 12.1. The first-order valence-electron chi connectivity index (χ1n) is 5.39. The van der Waals surface area contributed by atoms with Crippen molar-refractivity contribution in [2.75, 3.05) is 11.9 Å². The van der Waals surface area contributed by atoms with Gasteiger partial charge in [0.1, 0.15) is 0 Å². The standard InChI is InChI=1S/C10H13N5O3/c1-14(7-2-3-7)10-8(15(17)18)4-6(5-12-10)9(11)13-16/h4-5,7,16H,2-3H2,1H3,(H2,11,13). The molecule has 96 valence electrons. The van der Waals surface area contributed by atoms with E-state index >= 15 is 0 Å². The zero-order chi connectivity index (χ0) is 13.3. The van der Waals surface area contributed by atoms with Crippen LogP contribution < -0.4 is 10.6 Å². The van der Waals surface area contributed by atoms with Crippen molar-refractivity contribution in [1.29, 1.82) is 0 Å². The number of amidine groups is 1. The highest BCUT2D eigenvalue weighted by atomic mass is 16.6. The second-order valence-electron chi connectivity index (χ2n) is 4.15. The predicted octanol–water partition coefficient (Wildman–Crippen LogP) is 0.683. The van der Waals surface area contributed by atoms with Gasteiger partial charge in [-0.25, -0.2) is 4.98 Å². The Kier molecular flexibility index (Phi) is 3.00. The van der Waals surface area contributed by atoms with E-state index in [-0.39, 0.29) is 17.1 Å². The Bertz CT molecular complexity index is 512. The van der Waals surface area contributed by atoms with Crippen LogP contribution >= 0.6 is 0 Å². The molecule has 1 aromatic rings. The minimum absolute atomic E-state index is 0.145. The number of nitrogens with two attached hydrogens (primary N) is 1. The molecule has 18 heavy (non-hydrogen) atoms. The number of hydrogen-bond acceptors (Lipinski definition) is 6. The Morgan fingerprint density at radius 2 is 2.39 bits per heavy atom. The first-order chi connectivity index (χ1) is 8.54. The van der Waals surface area contributed by atoms with Crippen molar-refractivity contribution >= 4 is 17.3 Å². The van der Waals surface area contributed by atoms with Crippen LogP contribution in [-0.4, -0.2) is 34.0 Å². The van der Waals surface area contributed by atoms with Crippen molar-refractivity contribution < 1.29 is 10.1 Å². The Hall–Kier alpha value is -2.38. The molecule has 2 rings (SSSR count). The molecule has 0 aliphatic heterocycles. The third kappa shape index (κ3) is 2.17. The van der Waals surface area contributed by atoms with Gasteiger partial charge in [0.05, 0.1) is 4.92 Å². The summed E-state index contributed by atoms with van der Waals surface area (Å²) in [6.07, 6.45) is 3.38. The lowest BCUT2D eigenvalue weighted by Gasteiger charge is -2.17. The Morgan fingerprint density at radius 3 is 2.89 bits per heavy atom. The van der Waals surface area contributed by atoms with Gasteiger partial charge >= 0.3 is 5.69 Å². The largest absolute Gasteiger partial charge is 0.409 e. The molecule has 1 fully saturated rings. The maximum absolute atomic E-state index is 11.0. The van der Waals surface area contributed by atoms with Gasteiger partial charge in [-0.1, -0.05) is 5.16 Å². The SMILES string of the molecule is CN(c1ncc(C(N)=NO)cc1[N+](=O)[O-])C1CC1.